The van der Waals surface area contributed by atoms with E-state index in [0.29, 0.717) is 0 Å². The van der Waals surface area contributed by atoms with Crippen LogP contribution in [-0.4, -0.2) is 11.3 Å². The van der Waals surface area contributed by atoms with E-state index >= 15 is 0 Å². The van der Waals surface area contributed by atoms with Crippen LogP contribution in [0.25, 0.3) is 60.9 Å². The molecule has 2 aromatic heterocycles. The molecule has 0 spiro atoms. The van der Waals surface area contributed by atoms with Gasteiger partial charge in [0, 0.05) is 78.5 Å². The van der Waals surface area contributed by atoms with Gasteiger partial charge in [-0.3, -0.25) is 0 Å². The van der Waals surface area contributed by atoms with E-state index in [9.17, 15) is 0 Å². The molecule has 5 nitrogen and oxygen atoms in total. The van der Waals surface area contributed by atoms with E-state index < -0.39 is 0 Å². The first-order valence-electron chi connectivity index (χ1n) is 32.4. The molecule has 0 bridgehead atoms. The second kappa shape index (κ2) is 21.2. The largest absolute Gasteiger partial charge is 0.455 e. The number of para-hydroxylation sites is 3. The van der Waals surface area contributed by atoms with E-state index in [2.05, 4.69) is 341 Å². The molecule has 11 aromatic carbocycles. The maximum absolute atomic E-state index is 7.03. The first-order valence-corrected chi connectivity index (χ1v) is 32.4. The summed E-state index contributed by atoms with van der Waals surface area (Å²) >= 11 is 0. The average molecular weight is 1180 g/mol. The zero-order valence-corrected chi connectivity index (χ0v) is 55.1. The normalized spacial score (nSPS) is 13.1. The lowest BCUT2D eigenvalue weighted by Crippen LogP contribution is -2.61. The Balaban J connectivity index is 1.02. The number of hydrogen-bond acceptors (Lipinski definition) is 4. The number of nitrogens with zero attached hydrogens (tertiary/aromatic N) is 4. The summed E-state index contributed by atoms with van der Waals surface area (Å²) in [4.78, 5) is 7.73. The van der Waals surface area contributed by atoms with E-state index in [1.807, 2.05) is 0 Å². The van der Waals surface area contributed by atoms with Gasteiger partial charge in [-0.25, -0.2) is 0 Å². The van der Waals surface area contributed by atoms with Crippen LogP contribution < -0.4 is 31.1 Å². The number of rotatable bonds is 8. The summed E-state index contributed by atoms with van der Waals surface area (Å²) in [6.07, 6.45) is 0. The fraction of sp³-hybridized carbons (Fsp3) is 0.200. The molecule has 448 valence electrons. The van der Waals surface area contributed by atoms with Gasteiger partial charge in [-0.2, -0.15) is 0 Å². The van der Waals surface area contributed by atoms with Crippen LogP contribution in [0.1, 0.15) is 107 Å². The second-order valence-electron chi connectivity index (χ2n) is 28.9. The molecule has 0 saturated heterocycles. The van der Waals surface area contributed by atoms with Gasteiger partial charge >= 0.3 is 0 Å². The van der Waals surface area contributed by atoms with Crippen molar-refractivity contribution in [2.24, 2.45) is 0 Å². The summed E-state index contributed by atoms with van der Waals surface area (Å²) < 4.78 is 9.47. The molecule has 2 aliphatic heterocycles. The molecule has 2 aliphatic rings. The van der Waals surface area contributed by atoms with Crippen LogP contribution in [-0.2, 0) is 16.2 Å². The van der Waals surface area contributed by atoms with Crippen molar-refractivity contribution in [1.82, 2.24) is 4.57 Å². The van der Waals surface area contributed by atoms with E-state index in [0.717, 1.165) is 84.2 Å². The SMILES string of the molecule is Cc1cc2c3c(c1)N(c1ccc(C(C)(C)C)cc1)c1cc(C(C)(C)C)ccc1B3c1ccc(N(c3ccc4c5ccccc5n(-c5ccccc5)c4c3)c3c(C)cc(C(C)(C)C)cc3C)cc1N2c1cc(C)c(-c2oc3ccccc3c2-c2ccccc2)c(C)c1. The predicted molar refractivity (Wildman–Crippen MR) is 390 cm³/mol. The summed E-state index contributed by atoms with van der Waals surface area (Å²) in [5, 5.41) is 3.56. The number of hydrogen-bond donors (Lipinski definition) is 0. The molecule has 0 fully saturated rings. The number of fused-ring (bicyclic) bond motifs is 8. The molecule has 0 saturated carbocycles. The van der Waals surface area contributed by atoms with E-state index in [-0.39, 0.29) is 23.0 Å². The van der Waals surface area contributed by atoms with Crippen LogP contribution in [0.15, 0.2) is 229 Å². The smallest absolute Gasteiger partial charge is 0.252 e. The summed E-state index contributed by atoms with van der Waals surface area (Å²) in [5.41, 5.74) is 31.6. The number of aromatic nitrogens is 1. The maximum Gasteiger partial charge on any atom is 0.252 e. The molecule has 15 rings (SSSR count). The average Bonchev–Trinajstić information content (AvgIpc) is 1.39. The molecule has 13 aromatic rings. The zero-order valence-electron chi connectivity index (χ0n) is 55.1. The van der Waals surface area contributed by atoms with Gasteiger partial charge < -0.3 is 23.7 Å². The molecular formula is C85H79BN4O. The molecular weight excluding hydrogens is 1100 g/mol. The van der Waals surface area contributed by atoms with Crippen LogP contribution in [0.2, 0.25) is 0 Å². The van der Waals surface area contributed by atoms with Crippen LogP contribution in [0.4, 0.5) is 51.2 Å². The molecule has 0 N–H and O–H groups in total. The standard InChI is InChI=1S/C85H79BN4O/c1-52-43-75-80-76(44-52)90(65-47-53(2)78(54(3)48-65)82-79(57-25-17-15-18-26-57)68-30-22-24-32-77(68)91-82)74-51-64(39-42-70(74)86(80)69-41-35-59(84(9,10)11)49-73(69)89(75)62-36-33-58(34-37-62)83(6,7)8)87(81-55(4)45-60(46-56(81)5)85(12,13)14)63-38-40-67-66-29-21-23-31-71(66)88(72(67)50-63)61-27-19-16-20-28-61/h15-51H,1-14H3. The van der Waals surface area contributed by atoms with Crippen molar-refractivity contribution >= 4 is 107 Å². The van der Waals surface area contributed by atoms with Crippen molar-refractivity contribution in [2.45, 2.75) is 113 Å². The van der Waals surface area contributed by atoms with Gasteiger partial charge in [0.2, 0.25) is 0 Å². The third-order valence-corrected chi connectivity index (χ3v) is 19.5. The summed E-state index contributed by atoms with van der Waals surface area (Å²) in [6.45, 7) is 32.2. The van der Waals surface area contributed by atoms with Crippen LogP contribution in [0.3, 0.4) is 0 Å². The van der Waals surface area contributed by atoms with Gasteiger partial charge in [-0.1, -0.05) is 196 Å². The molecule has 0 radical (unpaired) electrons. The highest BCUT2D eigenvalue weighted by Crippen LogP contribution is 2.51. The lowest BCUT2D eigenvalue weighted by Gasteiger charge is -2.45. The van der Waals surface area contributed by atoms with Gasteiger partial charge in [0.25, 0.3) is 6.71 Å². The summed E-state index contributed by atoms with van der Waals surface area (Å²) in [7, 11) is 0. The highest BCUT2D eigenvalue weighted by atomic mass is 16.3. The molecule has 91 heavy (non-hydrogen) atoms. The first-order chi connectivity index (χ1) is 43.6. The van der Waals surface area contributed by atoms with E-state index in [1.165, 1.54) is 88.8 Å². The Labute approximate surface area is 537 Å². The monoisotopic (exact) mass is 1180 g/mol. The van der Waals surface area contributed by atoms with Crippen LogP contribution in [0, 0.1) is 34.6 Å². The Morgan fingerprint density at radius 3 is 1.55 bits per heavy atom. The van der Waals surface area contributed by atoms with Crippen LogP contribution >= 0.6 is 0 Å². The van der Waals surface area contributed by atoms with Crippen molar-refractivity contribution in [2.75, 3.05) is 14.7 Å². The lowest BCUT2D eigenvalue weighted by atomic mass is 9.33. The molecule has 4 heterocycles. The zero-order chi connectivity index (χ0) is 63.2. The number of furan rings is 1. The van der Waals surface area contributed by atoms with Crippen molar-refractivity contribution in [3.8, 4) is 28.1 Å². The third-order valence-electron chi connectivity index (χ3n) is 19.5. The highest BCUT2D eigenvalue weighted by molar-refractivity contribution is 7.00. The van der Waals surface area contributed by atoms with Gasteiger partial charge in [0.1, 0.15) is 11.3 Å². The highest BCUT2D eigenvalue weighted by Gasteiger charge is 2.45. The number of anilines is 9. The number of aryl methyl sites for hydroxylation is 5. The Bertz CT molecular complexity index is 5020. The van der Waals surface area contributed by atoms with Crippen molar-refractivity contribution < 1.29 is 4.42 Å². The van der Waals surface area contributed by atoms with Crippen molar-refractivity contribution in [3.05, 3.63) is 269 Å². The molecule has 0 aliphatic carbocycles. The quantitative estimate of drug-likeness (QED) is 0.142. The maximum atomic E-state index is 7.03. The Hall–Kier alpha value is -9.78. The molecule has 0 amide bonds. The van der Waals surface area contributed by atoms with Crippen LogP contribution in [0.5, 0.6) is 0 Å². The minimum Gasteiger partial charge on any atom is -0.455 e. The van der Waals surface area contributed by atoms with Gasteiger partial charge in [-0.05, 0) is 208 Å². The minimum atomic E-state index is -0.0913. The van der Waals surface area contributed by atoms with Gasteiger partial charge in [0.05, 0.1) is 16.7 Å². The Morgan fingerprint density at radius 1 is 0.374 bits per heavy atom. The Kier molecular flexibility index (Phi) is 13.4. The van der Waals surface area contributed by atoms with Crippen molar-refractivity contribution in [3.63, 3.8) is 0 Å². The third kappa shape index (κ3) is 9.51. The molecule has 0 atom stereocenters. The summed E-state index contributed by atoms with van der Waals surface area (Å²) in [5.74, 6) is 0.893. The fourth-order valence-corrected chi connectivity index (χ4v) is 15.0. The van der Waals surface area contributed by atoms with E-state index in [4.69, 9.17) is 4.42 Å². The topological polar surface area (TPSA) is 27.8 Å². The predicted octanol–water partition coefficient (Wildman–Crippen LogP) is 21.9. The minimum absolute atomic E-state index is 0.00545. The number of benzene rings is 11. The second-order valence-corrected chi connectivity index (χ2v) is 28.9. The Morgan fingerprint density at radius 2 is 0.901 bits per heavy atom. The van der Waals surface area contributed by atoms with Gasteiger partial charge in [-0.15, -0.1) is 0 Å². The first kappa shape index (κ1) is 57.7. The molecule has 0 unspecified atom stereocenters. The van der Waals surface area contributed by atoms with Crippen molar-refractivity contribution in [1.29, 1.82) is 0 Å². The van der Waals surface area contributed by atoms with Gasteiger partial charge in [0.15, 0.2) is 0 Å². The fourth-order valence-electron chi connectivity index (χ4n) is 15.0. The summed E-state index contributed by atoms with van der Waals surface area (Å²) in [6, 6.07) is 84.7. The molecule has 6 heteroatoms. The van der Waals surface area contributed by atoms with E-state index in [1.54, 1.807) is 0 Å². The lowest BCUT2D eigenvalue weighted by molar-refractivity contribution is 0.589.